The van der Waals surface area contributed by atoms with Crippen molar-refractivity contribution in [2.45, 2.75) is 26.4 Å². The summed E-state index contributed by atoms with van der Waals surface area (Å²) in [5.41, 5.74) is 2.65. The molecule has 2 aromatic heterocycles. The third-order valence-corrected chi connectivity index (χ3v) is 4.19. The average Bonchev–Trinajstić information content (AvgIpc) is 2.43. The van der Waals surface area contributed by atoms with Crippen LogP contribution in [0.1, 0.15) is 18.2 Å². The number of aromatic nitrogens is 2. The zero-order valence-electron chi connectivity index (χ0n) is 12.9. The Morgan fingerprint density at radius 2 is 2.14 bits per heavy atom. The number of hydrogen-bond donors (Lipinski definition) is 0. The van der Waals surface area contributed by atoms with E-state index in [4.69, 9.17) is 0 Å². The molecule has 0 radical (unpaired) electrons. The Morgan fingerprint density at radius 1 is 1.33 bits per heavy atom. The quantitative estimate of drug-likeness (QED) is 0.830. The van der Waals surface area contributed by atoms with Crippen LogP contribution < -0.4 is 5.56 Å². The molecular formula is C16H22N4O. The molecule has 2 aromatic rings. The molecule has 1 aliphatic rings. The van der Waals surface area contributed by atoms with Gasteiger partial charge < -0.3 is 4.90 Å². The van der Waals surface area contributed by atoms with Gasteiger partial charge in [-0.2, -0.15) is 0 Å². The molecule has 21 heavy (non-hydrogen) atoms. The molecule has 0 aromatic carbocycles. The lowest BCUT2D eigenvalue weighted by atomic mass is 10.2. The minimum atomic E-state index is 0.000445. The van der Waals surface area contributed by atoms with Crippen LogP contribution in [-0.2, 0) is 6.54 Å². The Kier molecular flexibility index (Phi) is 3.78. The third-order valence-electron chi connectivity index (χ3n) is 4.19. The van der Waals surface area contributed by atoms with E-state index in [2.05, 4.69) is 28.8 Å². The molecule has 1 atom stereocenters. The molecule has 3 heterocycles. The molecule has 0 unspecified atom stereocenters. The zero-order chi connectivity index (χ0) is 15.0. The molecule has 1 fully saturated rings. The van der Waals surface area contributed by atoms with Gasteiger partial charge in [0.05, 0.1) is 5.69 Å². The van der Waals surface area contributed by atoms with Gasteiger partial charge in [-0.3, -0.25) is 14.1 Å². The molecule has 0 bridgehead atoms. The number of piperazine rings is 1. The number of aryl methyl sites for hydroxylation is 1. The van der Waals surface area contributed by atoms with Crippen LogP contribution in [-0.4, -0.2) is 51.9 Å². The van der Waals surface area contributed by atoms with Gasteiger partial charge in [0.15, 0.2) is 0 Å². The fourth-order valence-corrected chi connectivity index (χ4v) is 2.96. The molecule has 0 N–H and O–H groups in total. The first-order chi connectivity index (χ1) is 10.0. The van der Waals surface area contributed by atoms with E-state index in [1.54, 1.807) is 10.5 Å². The topological polar surface area (TPSA) is 40.9 Å². The molecule has 3 rings (SSSR count). The highest BCUT2D eigenvalue weighted by molar-refractivity contribution is 5.39. The lowest BCUT2D eigenvalue weighted by Gasteiger charge is -2.37. The van der Waals surface area contributed by atoms with Crippen molar-refractivity contribution in [1.29, 1.82) is 0 Å². The van der Waals surface area contributed by atoms with Crippen LogP contribution in [0, 0.1) is 6.92 Å². The summed E-state index contributed by atoms with van der Waals surface area (Å²) in [4.78, 5) is 21.6. The minimum absolute atomic E-state index is 0.000445. The van der Waals surface area contributed by atoms with Crippen molar-refractivity contribution in [3.63, 3.8) is 0 Å². The first-order valence-electron chi connectivity index (χ1n) is 7.44. The monoisotopic (exact) mass is 286 g/mol. The summed E-state index contributed by atoms with van der Waals surface area (Å²) in [7, 11) is 2.15. The summed E-state index contributed by atoms with van der Waals surface area (Å²) in [5, 5.41) is 0. The van der Waals surface area contributed by atoms with Gasteiger partial charge in [0.2, 0.25) is 0 Å². The molecule has 112 valence electrons. The Morgan fingerprint density at radius 3 is 2.90 bits per heavy atom. The standard InChI is InChI=1S/C16H22N4O/c1-12-4-5-15-17-14(8-16(21)20(15)9-12)11-19-7-6-18(3)10-13(19)2/h4-5,8-9,13H,6-7,10-11H2,1-3H3/t13-/m1/s1. The van der Waals surface area contributed by atoms with Crippen molar-refractivity contribution in [3.05, 3.63) is 46.0 Å². The van der Waals surface area contributed by atoms with Crippen LogP contribution in [0.25, 0.3) is 5.65 Å². The van der Waals surface area contributed by atoms with E-state index < -0.39 is 0 Å². The molecule has 5 heteroatoms. The summed E-state index contributed by atoms with van der Waals surface area (Å²) in [5.74, 6) is 0. The Labute approximate surface area is 124 Å². The van der Waals surface area contributed by atoms with Crippen molar-refractivity contribution in [1.82, 2.24) is 19.2 Å². The lowest BCUT2D eigenvalue weighted by molar-refractivity contribution is 0.0927. The molecule has 0 saturated carbocycles. The molecule has 0 spiro atoms. The number of nitrogens with zero attached hydrogens (tertiary/aromatic N) is 4. The molecule has 0 aliphatic carbocycles. The van der Waals surface area contributed by atoms with E-state index >= 15 is 0 Å². The van der Waals surface area contributed by atoms with Gasteiger partial charge in [-0.15, -0.1) is 0 Å². The van der Waals surface area contributed by atoms with Crippen molar-refractivity contribution in [2.24, 2.45) is 0 Å². The average molecular weight is 286 g/mol. The first-order valence-corrected chi connectivity index (χ1v) is 7.44. The number of hydrogen-bond acceptors (Lipinski definition) is 4. The summed E-state index contributed by atoms with van der Waals surface area (Å²) in [6.07, 6.45) is 1.84. The van der Waals surface area contributed by atoms with Gasteiger partial charge in [-0.25, -0.2) is 4.98 Å². The fourth-order valence-electron chi connectivity index (χ4n) is 2.96. The summed E-state index contributed by atoms with van der Waals surface area (Å²) >= 11 is 0. The van der Waals surface area contributed by atoms with E-state index in [1.165, 1.54) is 0 Å². The van der Waals surface area contributed by atoms with Crippen molar-refractivity contribution >= 4 is 5.65 Å². The predicted molar refractivity (Wildman–Crippen MR) is 83.6 cm³/mol. The maximum absolute atomic E-state index is 12.2. The molecule has 1 aliphatic heterocycles. The molecular weight excluding hydrogens is 264 g/mol. The number of pyridine rings is 1. The number of fused-ring (bicyclic) bond motifs is 1. The SMILES string of the molecule is Cc1ccc2nc(CN3CCN(C)C[C@H]3C)cc(=O)n2c1. The molecule has 1 saturated heterocycles. The van der Waals surface area contributed by atoms with Crippen LogP contribution in [0.15, 0.2) is 29.2 Å². The smallest absolute Gasteiger partial charge is 0.258 e. The van der Waals surface area contributed by atoms with Crippen molar-refractivity contribution in [3.8, 4) is 0 Å². The van der Waals surface area contributed by atoms with E-state index in [-0.39, 0.29) is 5.56 Å². The molecule has 5 nitrogen and oxygen atoms in total. The van der Waals surface area contributed by atoms with E-state index in [9.17, 15) is 4.79 Å². The maximum atomic E-state index is 12.2. The first kappa shape index (κ1) is 14.2. The second-order valence-electron chi connectivity index (χ2n) is 6.10. The van der Waals surface area contributed by atoms with Crippen LogP contribution in [0.5, 0.6) is 0 Å². The van der Waals surface area contributed by atoms with Gasteiger partial charge in [0, 0.05) is 44.5 Å². The Hall–Kier alpha value is -1.72. The predicted octanol–water partition coefficient (Wildman–Crippen LogP) is 1.14. The third kappa shape index (κ3) is 2.99. The van der Waals surface area contributed by atoms with Crippen molar-refractivity contribution in [2.75, 3.05) is 26.7 Å². The lowest BCUT2D eigenvalue weighted by Crippen LogP contribution is -2.50. The van der Waals surface area contributed by atoms with Gasteiger partial charge in [-0.1, -0.05) is 6.07 Å². The normalized spacial score (nSPS) is 21.0. The number of likely N-dealkylation sites (N-methyl/N-ethyl adjacent to an activating group) is 1. The highest BCUT2D eigenvalue weighted by atomic mass is 16.1. The van der Waals surface area contributed by atoms with Gasteiger partial charge in [0.1, 0.15) is 5.65 Å². The van der Waals surface area contributed by atoms with E-state index in [1.807, 2.05) is 25.3 Å². The van der Waals surface area contributed by atoms with E-state index in [0.717, 1.165) is 43.1 Å². The van der Waals surface area contributed by atoms with Crippen LogP contribution >= 0.6 is 0 Å². The van der Waals surface area contributed by atoms with Crippen molar-refractivity contribution < 1.29 is 0 Å². The Balaban J connectivity index is 1.88. The van der Waals surface area contributed by atoms with Gasteiger partial charge in [-0.05, 0) is 32.5 Å². The highest BCUT2D eigenvalue weighted by Crippen LogP contribution is 2.12. The fraction of sp³-hybridized carbons (Fsp3) is 0.500. The summed E-state index contributed by atoms with van der Waals surface area (Å²) in [6.45, 7) is 8.10. The highest BCUT2D eigenvalue weighted by Gasteiger charge is 2.21. The second-order valence-corrected chi connectivity index (χ2v) is 6.10. The van der Waals surface area contributed by atoms with Gasteiger partial charge in [0.25, 0.3) is 5.56 Å². The van der Waals surface area contributed by atoms with E-state index in [0.29, 0.717) is 6.04 Å². The second kappa shape index (κ2) is 5.58. The summed E-state index contributed by atoms with van der Waals surface area (Å²) < 4.78 is 1.62. The molecule has 0 amide bonds. The Bertz CT molecular complexity index is 709. The van der Waals surface area contributed by atoms with Crippen LogP contribution in [0.3, 0.4) is 0 Å². The van der Waals surface area contributed by atoms with Crippen LogP contribution in [0.2, 0.25) is 0 Å². The minimum Gasteiger partial charge on any atom is -0.304 e. The maximum Gasteiger partial charge on any atom is 0.258 e. The van der Waals surface area contributed by atoms with Gasteiger partial charge >= 0.3 is 0 Å². The largest absolute Gasteiger partial charge is 0.304 e. The number of rotatable bonds is 2. The van der Waals surface area contributed by atoms with Crippen LogP contribution in [0.4, 0.5) is 0 Å². The zero-order valence-corrected chi connectivity index (χ0v) is 12.9. The summed E-state index contributed by atoms with van der Waals surface area (Å²) in [6, 6.07) is 6.05.